The van der Waals surface area contributed by atoms with Gasteiger partial charge in [0.15, 0.2) is 11.6 Å². The quantitative estimate of drug-likeness (QED) is 0.682. The highest BCUT2D eigenvalue weighted by Gasteiger charge is 2.11. The van der Waals surface area contributed by atoms with Crippen molar-refractivity contribution in [2.24, 2.45) is 0 Å². The van der Waals surface area contributed by atoms with E-state index in [9.17, 15) is 13.6 Å². The minimum atomic E-state index is -1.02. The Morgan fingerprint density at radius 2 is 2.06 bits per heavy atom. The normalized spacial score (nSPS) is 10.2. The fourth-order valence-corrected chi connectivity index (χ4v) is 1.40. The van der Waals surface area contributed by atoms with Gasteiger partial charge in [0.1, 0.15) is 0 Å². The maximum Gasteiger partial charge on any atom is 0.221 e. The summed E-state index contributed by atoms with van der Waals surface area (Å²) in [5.41, 5.74) is 5.53. The molecule has 4 N–H and O–H groups in total. The fourth-order valence-electron chi connectivity index (χ4n) is 1.40. The number of halogens is 2. The Balaban J connectivity index is 2.49. The maximum absolute atomic E-state index is 13.4. The largest absolute Gasteiger partial charge is 0.397 e. The predicted octanol–water partition coefficient (Wildman–Crippen LogP) is 1.88. The first-order valence-electron chi connectivity index (χ1n) is 5.80. The molecule has 100 valence electrons. The highest BCUT2D eigenvalue weighted by molar-refractivity contribution is 5.76. The zero-order valence-electron chi connectivity index (χ0n) is 10.2. The van der Waals surface area contributed by atoms with Crippen LogP contribution in [0.15, 0.2) is 12.1 Å². The van der Waals surface area contributed by atoms with E-state index in [1.165, 1.54) is 6.07 Å². The van der Waals surface area contributed by atoms with Crippen LogP contribution in [0.4, 0.5) is 20.2 Å². The van der Waals surface area contributed by atoms with Gasteiger partial charge >= 0.3 is 0 Å². The van der Waals surface area contributed by atoms with Crippen LogP contribution >= 0.6 is 0 Å². The predicted molar refractivity (Wildman–Crippen MR) is 67.2 cm³/mol. The van der Waals surface area contributed by atoms with E-state index in [1.807, 2.05) is 6.92 Å². The van der Waals surface area contributed by atoms with Gasteiger partial charge in [0.05, 0.1) is 11.4 Å². The first-order chi connectivity index (χ1) is 8.56. The molecule has 0 radical (unpaired) electrons. The van der Waals surface area contributed by atoms with Crippen molar-refractivity contribution in [2.45, 2.75) is 19.8 Å². The van der Waals surface area contributed by atoms with Crippen molar-refractivity contribution < 1.29 is 13.6 Å². The van der Waals surface area contributed by atoms with E-state index in [0.29, 0.717) is 6.54 Å². The van der Waals surface area contributed by atoms with Gasteiger partial charge in [0.25, 0.3) is 0 Å². The monoisotopic (exact) mass is 257 g/mol. The summed E-state index contributed by atoms with van der Waals surface area (Å²) in [7, 11) is 0. The number of rotatable bonds is 6. The van der Waals surface area contributed by atoms with Crippen molar-refractivity contribution in [1.29, 1.82) is 0 Å². The van der Waals surface area contributed by atoms with E-state index in [0.717, 1.165) is 12.5 Å². The number of carbonyl (C=O) groups excluding carboxylic acids is 1. The number of carbonyl (C=O) groups is 1. The molecule has 0 unspecified atom stereocenters. The second-order valence-corrected chi connectivity index (χ2v) is 3.85. The maximum atomic E-state index is 13.4. The third-order valence-corrected chi connectivity index (χ3v) is 2.35. The Morgan fingerprint density at radius 3 is 2.72 bits per heavy atom. The molecule has 1 aromatic carbocycles. The SMILES string of the molecule is CCCNC(=O)CCNc1c(N)ccc(F)c1F. The number of hydrogen-bond acceptors (Lipinski definition) is 3. The molecule has 0 aromatic heterocycles. The zero-order chi connectivity index (χ0) is 13.5. The number of anilines is 2. The number of nitrogen functional groups attached to an aromatic ring is 1. The smallest absolute Gasteiger partial charge is 0.221 e. The molecule has 0 spiro atoms. The molecule has 0 fully saturated rings. The number of nitrogens with one attached hydrogen (secondary N) is 2. The number of amides is 1. The van der Waals surface area contributed by atoms with Gasteiger partial charge in [-0.3, -0.25) is 4.79 Å². The summed E-state index contributed by atoms with van der Waals surface area (Å²) < 4.78 is 26.3. The molecule has 0 aliphatic carbocycles. The van der Waals surface area contributed by atoms with Crippen LogP contribution in [0.5, 0.6) is 0 Å². The van der Waals surface area contributed by atoms with Crippen LogP contribution in [-0.2, 0) is 4.79 Å². The van der Waals surface area contributed by atoms with Gasteiger partial charge in [-0.1, -0.05) is 6.92 Å². The lowest BCUT2D eigenvalue weighted by Crippen LogP contribution is -2.26. The van der Waals surface area contributed by atoms with Gasteiger partial charge in [-0.2, -0.15) is 0 Å². The summed E-state index contributed by atoms with van der Waals surface area (Å²) in [6.45, 7) is 2.75. The molecule has 1 aromatic rings. The molecule has 0 aliphatic heterocycles. The Hall–Kier alpha value is -1.85. The molecular weight excluding hydrogens is 240 g/mol. The van der Waals surface area contributed by atoms with Gasteiger partial charge in [0, 0.05) is 19.5 Å². The van der Waals surface area contributed by atoms with Crippen molar-refractivity contribution in [2.75, 3.05) is 24.1 Å². The first-order valence-corrected chi connectivity index (χ1v) is 5.80. The minimum absolute atomic E-state index is 0.0988. The summed E-state index contributed by atoms with van der Waals surface area (Å²) in [5, 5.41) is 5.31. The Bertz CT molecular complexity index is 424. The standard InChI is InChI=1S/C12H17F2N3O/c1-2-6-16-10(18)5-7-17-12-9(15)4-3-8(13)11(12)14/h3-4,17H,2,5-7,15H2,1H3,(H,16,18). The molecule has 0 saturated heterocycles. The van der Waals surface area contributed by atoms with Crippen LogP contribution in [0, 0.1) is 11.6 Å². The molecule has 1 amide bonds. The van der Waals surface area contributed by atoms with Gasteiger partial charge in [-0.25, -0.2) is 8.78 Å². The third-order valence-electron chi connectivity index (χ3n) is 2.35. The molecule has 0 bridgehead atoms. The number of benzene rings is 1. The Morgan fingerprint density at radius 1 is 1.33 bits per heavy atom. The van der Waals surface area contributed by atoms with Crippen LogP contribution < -0.4 is 16.4 Å². The van der Waals surface area contributed by atoms with Crippen molar-refractivity contribution in [3.8, 4) is 0 Å². The van der Waals surface area contributed by atoms with Gasteiger partial charge in [-0.05, 0) is 18.6 Å². The lowest BCUT2D eigenvalue weighted by molar-refractivity contribution is -0.120. The Labute approximate surface area is 105 Å². The second-order valence-electron chi connectivity index (χ2n) is 3.85. The van der Waals surface area contributed by atoms with E-state index in [4.69, 9.17) is 5.73 Å². The molecule has 6 heteroatoms. The number of nitrogens with two attached hydrogens (primary N) is 1. The van der Waals surface area contributed by atoms with E-state index >= 15 is 0 Å². The second kappa shape index (κ2) is 6.78. The van der Waals surface area contributed by atoms with Gasteiger partial charge < -0.3 is 16.4 Å². The lowest BCUT2D eigenvalue weighted by atomic mass is 10.2. The topological polar surface area (TPSA) is 67.2 Å². The average molecular weight is 257 g/mol. The lowest BCUT2D eigenvalue weighted by Gasteiger charge is -2.10. The molecule has 0 saturated carbocycles. The average Bonchev–Trinajstić information content (AvgIpc) is 2.35. The summed E-state index contributed by atoms with van der Waals surface area (Å²) >= 11 is 0. The van der Waals surface area contributed by atoms with Crippen LogP contribution in [0.25, 0.3) is 0 Å². The molecule has 1 rings (SSSR count). The molecule has 0 atom stereocenters. The molecule has 4 nitrogen and oxygen atoms in total. The summed E-state index contributed by atoms with van der Waals surface area (Å²) in [5.74, 6) is -2.13. The van der Waals surface area contributed by atoms with E-state index in [1.54, 1.807) is 0 Å². The molecular formula is C12H17F2N3O. The van der Waals surface area contributed by atoms with E-state index in [-0.39, 0.29) is 30.2 Å². The first kappa shape index (κ1) is 14.2. The summed E-state index contributed by atoms with van der Waals surface area (Å²) in [6.07, 6.45) is 1.03. The van der Waals surface area contributed by atoms with Gasteiger partial charge in [0.2, 0.25) is 5.91 Å². The van der Waals surface area contributed by atoms with Crippen LogP contribution in [0.2, 0.25) is 0 Å². The van der Waals surface area contributed by atoms with Crippen molar-refractivity contribution in [3.05, 3.63) is 23.8 Å². The fraction of sp³-hybridized carbons (Fsp3) is 0.417. The van der Waals surface area contributed by atoms with Crippen molar-refractivity contribution in [1.82, 2.24) is 5.32 Å². The number of hydrogen-bond donors (Lipinski definition) is 3. The summed E-state index contributed by atoms with van der Waals surface area (Å²) in [6, 6.07) is 2.24. The van der Waals surface area contributed by atoms with E-state index < -0.39 is 11.6 Å². The molecule has 18 heavy (non-hydrogen) atoms. The van der Waals surface area contributed by atoms with Gasteiger partial charge in [-0.15, -0.1) is 0 Å². The Kier molecular flexibility index (Phi) is 5.35. The van der Waals surface area contributed by atoms with Crippen molar-refractivity contribution >= 4 is 17.3 Å². The van der Waals surface area contributed by atoms with Crippen LogP contribution in [0.1, 0.15) is 19.8 Å². The highest BCUT2D eigenvalue weighted by Crippen LogP contribution is 2.24. The molecule has 0 aliphatic rings. The third kappa shape index (κ3) is 3.87. The highest BCUT2D eigenvalue weighted by atomic mass is 19.2. The van der Waals surface area contributed by atoms with Crippen LogP contribution in [-0.4, -0.2) is 19.0 Å². The minimum Gasteiger partial charge on any atom is -0.397 e. The zero-order valence-corrected chi connectivity index (χ0v) is 10.2. The van der Waals surface area contributed by atoms with Crippen LogP contribution in [0.3, 0.4) is 0 Å². The van der Waals surface area contributed by atoms with Crippen molar-refractivity contribution in [3.63, 3.8) is 0 Å². The molecule has 0 heterocycles. The summed E-state index contributed by atoms with van der Waals surface area (Å²) in [4.78, 5) is 11.3. The van der Waals surface area contributed by atoms with E-state index in [2.05, 4.69) is 10.6 Å².